The largest absolute Gasteiger partial charge is 0.369 e. The van der Waals surface area contributed by atoms with Crippen molar-refractivity contribution in [2.45, 2.75) is 25.8 Å². The highest BCUT2D eigenvalue weighted by atomic mass is 32.2. The van der Waals surface area contributed by atoms with E-state index in [9.17, 15) is 13.2 Å². The highest BCUT2D eigenvalue weighted by Crippen LogP contribution is 2.23. The first-order chi connectivity index (χ1) is 9.34. The molecule has 0 aromatic carbocycles. The van der Waals surface area contributed by atoms with E-state index < -0.39 is 21.3 Å². The second kappa shape index (κ2) is 5.35. The molecular weight excluding hydrogens is 280 g/mol. The number of amides is 1. The first-order valence-corrected chi connectivity index (χ1v) is 8.24. The Morgan fingerprint density at radius 1 is 1.45 bits per heavy atom. The summed E-state index contributed by atoms with van der Waals surface area (Å²) in [7, 11) is -3.06. The van der Waals surface area contributed by atoms with Crippen LogP contribution in [0.3, 0.4) is 0 Å². The van der Waals surface area contributed by atoms with Crippen LogP contribution >= 0.6 is 0 Å². The van der Waals surface area contributed by atoms with Crippen molar-refractivity contribution >= 4 is 21.6 Å². The number of rotatable bonds is 4. The number of hydrogen-bond acceptors (Lipinski definition) is 6. The Hall–Kier alpha value is -1.70. The number of anilines is 1. The first kappa shape index (κ1) is 14.7. The Kier molecular flexibility index (Phi) is 3.94. The molecule has 2 rings (SSSR count). The summed E-state index contributed by atoms with van der Waals surface area (Å²) in [5, 5.41) is 5.72. The maximum atomic E-state index is 12.1. The summed E-state index contributed by atoms with van der Waals surface area (Å²) in [5.74, 6) is 0.181. The maximum absolute atomic E-state index is 12.1. The summed E-state index contributed by atoms with van der Waals surface area (Å²) in [6.45, 7) is 4.32. The summed E-state index contributed by atoms with van der Waals surface area (Å²) in [6, 6.07) is 0. The molecule has 1 unspecified atom stereocenters. The van der Waals surface area contributed by atoms with Crippen LogP contribution in [0.25, 0.3) is 0 Å². The molecule has 110 valence electrons. The topological polar surface area (TPSA) is 101 Å². The van der Waals surface area contributed by atoms with Crippen LogP contribution < -0.4 is 10.6 Å². The summed E-state index contributed by atoms with van der Waals surface area (Å²) in [4.78, 5) is 20.2. The van der Waals surface area contributed by atoms with Gasteiger partial charge in [0.05, 0.1) is 29.4 Å². The molecule has 1 aromatic rings. The summed E-state index contributed by atoms with van der Waals surface area (Å²) in [5.41, 5.74) is -0.555. The van der Waals surface area contributed by atoms with Crippen LogP contribution in [0.5, 0.6) is 0 Å². The SMILES string of the molecule is CCNc1cncc(C(=O)NC2(C)CCS(=O)(=O)C2)n1. The van der Waals surface area contributed by atoms with E-state index in [1.807, 2.05) is 6.92 Å². The third-order valence-corrected chi connectivity index (χ3v) is 5.05. The predicted octanol–water partition coefficient (Wildman–Crippen LogP) is 0.215. The van der Waals surface area contributed by atoms with E-state index in [4.69, 9.17) is 0 Å². The van der Waals surface area contributed by atoms with Gasteiger partial charge in [-0.3, -0.25) is 9.78 Å². The molecule has 2 N–H and O–H groups in total. The Morgan fingerprint density at radius 2 is 2.20 bits per heavy atom. The lowest BCUT2D eigenvalue weighted by Gasteiger charge is -2.23. The van der Waals surface area contributed by atoms with Crippen molar-refractivity contribution in [1.29, 1.82) is 0 Å². The van der Waals surface area contributed by atoms with Gasteiger partial charge >= 0.3 is 0 Å². The smallest absolute Gasteiger partial charge is 0.272 e. The predicted molar refractivity (Wildman–Crippen MR) is 75.3 cm³/mol. The number of hydrogen-bond donors (Lipinski definition) is 2. The molecule has 2 heterocycles. The van der Waals surface area contributed by atoms with Gasteiger partial charge < -0.3 is 10.6 Å². The van der Waals surface area contributed by atoms with Gasteiger partial charge in [0, 0.05) is 6.54 Å². The second-order valence-corrected chi connectivity index (χ2v) is 7.36. The van der Waals surface area contributed by atoms with Crippen LogP contribution in [0.4, 0.5) is 5.82 Å². The Bertz CT molecular complexity index is 617. The van der Waals surface area contributed by atoms with Crippen molar-refractivity contribution in [3.05, 3.63) is 18.1 Å². The highest BCUT2D eigenvalue weighted by Gasteiger charge is 2.39. The quantitative estimate of drug-likeness (QED) is 0.824. The standard InChI is InChI=1S/C12H18N4O3S/c1-3-14-10-7-13-6-9(15-10)11(17)16-12(2)4-5-20(18,19)8-12/h6-7H,3-5,8H2,1-2H3,(H,14,15)(H,16,17). The minimum absolute atomic E-state index is 0.0356. The Labute approximate surface area is 118 Å². The summed E-state index contributed by atoms with van der Waals surface area (Å²) >= 11 is 0. The molecule has 1 aliphatic heterocycles. The van der Waals surface area contributed by atoms with Gasteiger partial charge in [-0.1, -0.05) is 0 Å². The average molecular weight is 298 g/mol. The zero-order valence-corrected chi connectivity index (χ0v) is 12.3. The number of sulfone groups is 1. The molecule has 20 heavy (non-hydrogen) atoms. The van der Waals surface area contributed by atoms with Crippen molar-refractivity contribution < 1.29 is 13.2 Å². The number of nitrogens with zero attached hydrogens (tertiary/aromatic N) is 2. The fraction of sp³-hybridized carbons (Fsp3) is 0.583. The van der Waals surface area contributed by atoms with Gasteiger partial charge in [0.2, 0.25) is 0 Å². The average Bonchev–Trinajstić information content (AvgIpc) is 2.64. The molecule has 0 bridgehead atoms. The summed E-state index contributed by atoms with van der Waals surface area (Å²) in [6.07, 6.45) is 3.31. The third kappa shape index (κ3) is 3.44. The molecule has 1 atom stereocenters. The number of aromatic nitrogens is 2. The van der Waals surface area contributed by atoms with Gasteiger partial charge in [-0.2, -0.15) is 0 Å². The van der Waals surface area contributed by atoms with Crippen LogP contribution in [-0.4, -0.2) is 47.9 Å². The fourth-order valence-electron chi connectivity index (χ4n) is 2.19. The third-order valence-electron chi connectivity index (χ3n) is 3.14. The minimum Gasteiger partial charge on any atom is -0.369 e. The van der Waals surface area contributed by atoms with Crippen LogP contribution in [-0.2, 0) is 9.84 Å². The van der Waals surface area contributed by atoms with Crippen molar-refractivity contribution in [1.82, 2.24) is 15.3 Å². The molecule has 1 aromatic heterocycles. The van der Waals surface area contributed by atoms with E-state index in [-0.39, 0.29) is 17.2 Å². The van der Waals surface area contributed by atoms with Crippen LogP contribution in [0.1, 0.15) is 30.8 Å². The zero-order valence-electron chi connectivity index (χ0n) is 11.5. The molecule has 0 aliphatic carbocycles. The van der Waals surface area contributed by atoms with Crippen LogP contribution in [0.15, 0.2) is 12.4 Å². The Morgan fingerprint density at radius 3 is 2.80 bits per heavy atom. The van der Waals surface area contributed by atoms with Gasteiger partial charge in [0.25, 0.3) is 5.91 Å². The van der Waals surface area contributed by atoms with Gasteiger partial charge in [0.15, 0.2) is 9.84 Å². The van der Waals surface area contributed by atoms with Gasteiger partial charge in [0.1, 0.15) is 11.5 Å². The van der Waals surface area contributed by atoms with E-state index >= 15 is 0 Å². The van der Waals surface area contributed by atoms with E-state index in [2.05, 4.69) is 20.6 Å². The second-order valence-electron chi connectivity index (χ2n) is 5.18. The molecule has 1 amide bonds. The van der Waals surface area contributed by atoms with E-state index in [0.29, 0.717) is 18.8 Å². The molecule has 1 fully saturated rings. The van der Waals surface area contributed by atoms with E-state index in [1.54, 1.807) is 6.92 Å². The van der Waals surface area contributed by atoms with Crippen LogP contribution in [0.2, 0.25) is 0 Å². The lowest BCUT2D eigenvalue weighted by atomic mass is 10.0. The maximum Gasteiger partial charge on any atom is 0.272 e. The minimum atomic E-state index is -3.06. The molecule has 0 spiro atoms. The number of carbonyl (C=O) groups excluding carboxylic acids is 1. The summed E-state index contributed by atoms with van der Waals surface area (Å²) < 4.78 is 23.0. The molecule has 1 aliphatic rings. The van der Waals surface area contributed by atoms with Gasteiger partial charge in [-0.05, 0) is 20.3 Å². The molecular formula is C12H18N4O3S. The van der Waals surface area contributed by atoms with Crippen molar-refractivity contribution in [2.75, 3.05) is 23.4 Å². The zero-order chi connectivity index (χ0) is 14.8. The number of nitrogens with one attached hydrogen (secondary N) is 2. The molecule has 7 nitrogen and oxygen atoms in total. The fourth-order valence-corrected chi connectivity index (χ4v) is 4.28. The lowest BCUT2D eigenvalue weighted by molar-refractivity contribution is 0.0910. The van der Waals surface area contributed by atoms with E-state index in [1.165, 1.54) is 12.4 Å². The normalized spacial score (nSPS) is 24.3. The van der Waals surface area contributed by atoms with Crippen LogP contribution in [0, 0.1) is 0 Å². The van der Waals surface area contributed by atoms with Gasteiger partial charge in [-0.25, -0.2) is 13.4 Å². The lowest BCUT2D eigenvalue weighted by Crippen LogP contribution is -2.47. The van der Waals surface area contributed by atoms with Crippen molar-refractivity contribution in [3.63, 3.8) is 0 Å². The Balaban J connectivity index is 2.11. The van der Waals surface area contributed by atoms with E-state index in [0.717, 1.165) is 0 Å². The number of carbonyl (C=O) groups is 1. The van der Waals surface area contributed by atoms with Crippen molar-refractivity contribution in [3.8, 4) is 0 Å². The van der Waals surface area contributed by atoms with Gasteiger partial charge in [-0.15, -0.1) is 0 Å². The highest BCUT2D eigenvalue weighted by molar-refractivity contribution is 7.91. The first-order valence-electron chi connectivity index (χ1n) is 6.42. The molecule has 0 saturated carbocycles. The molecule has 0 radical (unpaired) electrons. The molecule has 1 saturated heterocycles. The van der Waals surface area contributed by atoms with Crippen molar-refractivity contribution in [2.24, 2.45) is 0 Å². The molecule has 8 heteroatoms. The monoisotopic (exact) mass is 298 g/mol.